The number of benzene rings is 1. The minimum absolute atomic E-state index is 0.221. The molecule has 2 aromatic rings. The molecule has 98 valence electrons. The molecule has 1 aromatic heterocycles. The van der Waals surface area contributed by atoms with Crippen LogP contribution in [-0.2, 0) is 13.0 Å². The van der Waals surface area contributed by atoms with Crippen LogP contribution < -0.4 is 0 Å². The van der Waals surface area contributed by atoms with Crippen molar-refractivity contribution in [1.82, 2.24) is 4.57 Å². The molecule has 0 spiro atoms. The van der Waals surface area contributed by atoms with Gasteiger partial charge in [0.2, 0.25) is 0 Å². The van der Waals surface area contributed by atoms with Gasteiger partial charge in [0.25, 0.3) is 0 Å². The van der Waals surface area contributed by atoms with Crippen LogP contribution in [0.3, 0.4) is 0 Å². The van der Waals surface area contributed by atoms with E-state index in [1.165, 1.54) is 0 Å². The maximum atomic E-state index is 9.42. The number of hydrogen-bond acceptors (Lipinski definition) is 3. The van der Waals surface area contributed by atoms with Crippen LogP contribution in [0.1, 0.15) is 12.5 Å². The topological polar surface area (TPSA) is 65.6 Å². The SMILES string of the molecule is CC(O)Cn1ccc2cc(CC(O)CO)ccc21. The zero-order valence-electron chi connectivity index (χ0n) is 10.5. The largest absolute Gasteiger partial charge is 0.394 e. The Morgan fingerprint density at radius 1 is 1.22 bits per heavy atom. The molecule has 0 saturated heterocycles. The summed E-state index contributed by atoms with van der Waals surface area (Å²) < 4.78 is 2.01. The quantitative estimate of drug-likeness (QED) is 0.738. The van der Waals surface area contributed by atoms with E-state index in [0.29, 0.717) is 13.0 Å². The molecule has 0 aliphatic rings. The van der Waals surface area contributed by atoms with Gasteiger partial charge in [-0.1, -0.05) is 6.07 Å². The van der Waals surface area contributed by atoms with E-state index in [1.54, 1.807) is 6.92 Å². The van der Waals surface area contributed by atoms with Gasteiger partial charge in [-0.25, -0.2) is 0 Å². The third-order valence-corrected chi connectivity index (χ3v) is 2.98. The maximum absolute atomic E-state index is 9.42. The van der Waals surface area contributed by atoms with Crippen molar-refractivity contribution in [2.75, 3.05) is 6.61 Å². The summed E-state index contributed by atoms with van der Waals surface area (Å²) in [6.07, 6.45) is 1.32. The summed E-state index contributed by atoms with van der Waals surface area (Å²) in [6.45, 7) is 2.11. The second kappa shape index (κ2) is 5.52. The fraction of sp³-hybridized carbons (Fsp3) is 0.429. The molecule has 18 heavy (non-hydrogen) atoms. The smallest absolute Gasteiger partial charge is 0.0811 e. The molecule has 2 atom stereocenters. The van der Waals surface area contributed by atoms with Gasteiger partial charge in [0.15, 0.2) is 0 Å². The highest BCUT2D eigenvalue weighted by molar-refractivity contribution is 5.80. The Morgan fingerprint density at radius 2 is 2.00 bits per heavy atom. The van der Waals surface area contributed by atoms with Crippen LogP contribution in [0.15, 0.2) is 30.5 Å². The average molecular weight is 249 g/mol. The highest BCUT2D eigenvalue weighted by Crippen LogP contribution is 2.19. The summed E-state index contributed by atoms with van der Waals surface area (Å²) in [7, 11) is 0. The van der Waals surface area contributed by atoms with Crippen molar-refractivity contribution in [3.05, 3.63) is 36.0 Å². The average Bonchev–Trinajstić information content (AvgIpc) is 2.71. The van der Waals surface area contributed by atoms with Crippen molar-refractivity contribution in [3.8, 4) is 0 Å². The van der Waals surface area contributed by atoms with Crippen molar-refractivity contribution < 1.29 is 15.3 Å². The third kappa shape index (κ3) is 2.90. The molecule has 1 aromatic carbocycles. The third-order valence-electron chi connectivity index (χ3n) is 2.98. The summed E-state index contributed by atoms with van der Waals surface area (Å²) >= 11 is 0. The zero-order valence-corrected chi connectivity index (χ0v) is 10.5. The molecule has 1 heterocycles. The van der Waals surface area contributed by atoms with Crippen LogP contribution in [0.4, 0.5) is 0 Å². The van der Waals surface area contributed by atoms with Crippen molar-refractivity contribution in [3.63, 3.8) is 0 Å². The fourth-order valence-corrected chi connectivity index (χ4v) is 2.16. The molecular weight excluding hydrogens is 230 g/mol. The zero-order chi connectivity index (χ0) is 13.1. The highest BCUT2D eigenvalue weighted by atomic mass is 16.3. The number of hydrogen-bond donors (Lipinski definition) is 3. The van der Waals surface area contributed by atoms with Crippen LogP contribution in [0, 0.1) is 0 Å². The first-order valence-electron chi connectivity index (χ1n) is 6.15. The lowest BCUT2D eigenvalue weighted by atomic mass is 10.1. The molecular formula is C14H19NO3. The summed E-state index contributed by atoms with van der Waals surface area (Å²) in [4.78, 5) is 0. The molecule has 4 heteroatoms. The summed E-state index contributed by atoms with van der Waals surface area (Å²) in [5.74, 6) is 0. The second-order valence-electron chi connectivity index (χ2n) is 4.75. The number of aromatic nitrogens is 1. The molecule has 0 fully saturated rings. The van der Waals surface area contributed by atoms with Gasteiger partial charge >= 0.3 is 0 Å². The Bertz CT molecular complexity index is 519. The van der Waals surface area contributed by atoms with E-state index < -0.39 is 6.10 Å². The van der Waals surface area contributed by atoms with E-state index in [2.05, 4.69) is 0 Å². The lowest BCUT2D eigenvalue weighted by Gasteiger charge is -2.09. The molecule has 3 N–H and O–H groups in total. The van der Waals surface area contributed by atoms with Crippen LogP contribution in [-0.4, -0.2) is 38.7 Å². The van der Waals surface area contributed by atoms with Crippen molar-refractivity contribution >= 4 is 10.9 Å². The Hall–Kier alpha value is -1.36. The van der Waals surface area contributed by atoms with Gasteiger partial charge in [0.05, 0.1) is 18.8 Å². The first-order valence-corrected chi connectivity index (χ1v) is 6.15. The van der Waals surface area contributed by atoms with Crippen molar-refractivity contribution in [2.45, 2.75) is 32.1 Å². The molecule has 0 bridgehead atoms. The van der Waals surface area contributed by atoms with E-state index in [-0.39, 0.29) is 12.7 Å². The van der Waals surface area contributed by atoms with E-state index >= 15 is 0 Å². The van der Waals surface area contributed by atoms with Crippen LogP contribution >= 0.6 is 0 Å². The van der Waals surface area contributed by atoms with Gasteiger partial charge in [-0.2, -0.15) is 0 Å². The van der Waals surface area contributed by atoms with Crippen molar-refractivity contribution in [2.24, 2.45) is 0 Å². The fourth-order valence-electron chi connectivity index (χ4n) is 2.16. The molecule has 2 rings (SSSR count). The van der Waals surface area contributed by atoms with Gasteiger partial charge < -0.3 is 19.9 Å². The Morgan fingerprint density at radius 3 is 2.67 bits per heavy atom. The summed E-state index contributed by atoms with van der Waals surface area (Å²) in [5, 5.41) is 28.7. The predicted octanol–water partition coefficient (Wildman–Crippen LogP) is 0.918. The molecule has 0 aliphatic heterocycles. The van der Waals surface area contributed by atoms with E-state index in [4.69, 9.17) is 5.11 Å². The predicted molar refractivity (Wildman–Crippen MR) is 70.4 cm³/mol. The number of aliphatic hydroxyl groups excluding tert-OH is 3. The standard InChI is InChI=1S/C14H19NO3/c1-10(17)8-15-5-4-12-6-11(2-3-14(12)15)7-13(18)9-16/h2-6,10,13,16-18H,7-9H2,1H3. The monoisotopic (exact) mass is 249 g/mol. The molecule has 0 saturated carbocycles. The van der Waals surface area contributed by atoms with Gasteiger partial charge in [-0.3, -0.25) is 0 Å². The number of nitrogens with zero attached hydrogens (tertiary/aromatic N) is 1. The van der Waals surface area contributed by atoms with Gasteiger partial charge in [0, 0.05) is 24.7 Å². The van der Waals surface area contributed by atoms with Gasteiger partial charge in [0.1, 0.15) is 0 Å². The normalized spacial score (nSPS) is 14.9. The van der Waals surface area contributed by atoms with E-state index in [1.807, 2.05) is 35.0 Å². The minimum atomic E-state index is -0.706. The molecule has 2 unspecified atom stereocenters. The first-order chi connectivity index (χ1) is 8.60. The Kier molecular flexibility index (Phi) is 4.01. The van der Waals surface area contributed by atoms with E-state index in [0.717, 1.165) is 16.5 Å². The van der Waals surface area contributed by atoms with Crippen molar-refractivity contribution in [1.29, 1.82) is 0 Å². The molecule has 4 nitrogen and oxygen atoms in total. The summed E-state index contributed by atoms with van der Waals surface area (Å²) in [6, 6.07) is 7.93. The number of fused-ring (bicyclic) bond motifs is 1. The molecule has 0 amide bonds. The van der Waals surface area contributed by atoms with Crippen LogP contribution in [0.5, 0.6) is 0 Å². The van der Waals surface area contributed by atoms with Crippen LogP contribution in [0.2, 0.25) is 0 Å². The maximum Gasteiger partial charge on any atom is 0.0811 e. The Balaban J connectivity index is 2.25. The number of rotatable bonds is 5. The summed E-state index contributed by atoms with van der Waals surface area (Å²) in [5.41, 5.74) is 2.07. The first kappa shape index (κ1) is 13.1. The minimum Gasteiger partial charge on any atom is -0.394 e. The second-order valence-corrected chi connectivity index (χ2v) is 4.75. The highest BCUT2D eigenvalue weighted by Gasteiger charge is 2.07. The molecule has 0 aliphatic carbocycles. The Labute approximate surface area is 106 Å². The van der Waals surface area contributed by atoms with Gasteiger partial charge in [-0.15, -0.1) is 0 Å². The lowest BCUT2D eigenvalue weighted by molar-refractivity contribution is 0.0955. The molecule has 0 radical (unpaired) electrons. The lowest BCUT2D eigenvalue weighted by Crippen LogP contribution is -2.15. The van der Waals surface area contributed by atoms with Gasteiger partial charge in [-0.05, 0) is 36.1 Å². The van der Waals surface area contributed by atoms with Crippen LogP contribution in [0.25, 0.3) is 10.9 Å². The number of aliphatic hydroxyl groups is 3. The van der Waals surface area contributed by atoms with E-state index in [9.17, 15) is 10.2 Å².